The van der Waals surface area contributed by atoms with E-state index < -0.39 is 5.97 Å². The molecule has 0 saturated carbocycles. The molecule has 1 aromatic heterocycles. The molecule has 8 heteroatoms. The molecule has 0 bridgehead atoms. The third-order valence-electron chi connectivity index (χ3n) is 3.90. The molecule has 2 aromatic rings. The number of nitrogens with one attached hydrogen (secondary N) is 1. The van der Waals surface area contributed by atoms with E-state index in [0.717, 1.165) is 16.9 Å². The molecule has 0 aliphatic rings. The maximum Gasteiger partial charge on any atom is 0.345 e. The topological polar surface area (TPSA) is 95.9 Å². The fourth-order valence-corrected chi connectivity index (χ4v) is 3.12. The first-order valence-electron chi connectivity index (χ1n) is 8.39. The van der Waals surface area contributed by atoms with Gasteiger partial charge in [0.05, 0.1) is 10.9 Å². The van der Waals surface area contributed by atoms with E-state index in [1.807, 2.05) is 19.1 Å². The molecule has 2 amide bonds. The minimum absolute atomic E-state index is 0.0959. The monoisotopic (exact) mass is 390 g/mol. The number of likely N-dealkylation sites (N-methyl/N-ethyl adjacent to an activating group) is 1. The summed E-state index contributed by atoms with van der Waals surface area (Å²) in [5.74, 6) is -1.05. The van der Waals surface area contributed by atoms with E-state index in [1.165, 1.54) is 17.0 Å². The second-order valence-electron chi connectivity index (χ2n) is 6.02. The number of para-hydroxylation sites is 1. The van der Waals surface area contributed by atoms with Crippen molar-refractivity contribution in [3.05, 3.63) is 51.7 Å². The predicted molar refractivity (Wildman–Crippen MR) is 102 cm³/mol. The number of carbonyl (C=O) groups is 3. The van der Waals surface area contributed by atoms with Gasteiger partial charge in [-0.15, -0.1) is 11.3 Å². The summed E-state index contributed by atoms with van der Waals surface area (Å²) >= 11 is 0.925. The zero-order valence-corrected chi connectivity index (χ0v) is 16.2. The Morgan fingerprint density at radius 1 is 1.15 bits per heavy atom. The van der Waals surface area contributed by atoms with Crippen LogP contribution in [0.25, 0.3) is 0 Å². The van der Waals surface area contributed by atoms with Crippen LogP contribution in [0, 0.1) is 0 Å². The van der Waals surface area contributed by atoms with Gasteiger partial charge in [-0.2, -0.15) is 0 Å². The van der Waals surface area contributed by atoms with Crippen molar-refractivity contribution >= 4 is 29.1 Å². The highest BCUT2D eigenvalue weighted by molar-refractivity contribution is 7.15. The summed E-state index contributed by atoms with van der Waals surface area (Å²) in [5.41, 5.74) is 0.759. The maximum atomic E-state index is 12.5. The number of hydrogen-bond acceptors (Lipinski definition) is 5. The lowest BCUT2D eigenvalue weighted by Gasteiger charge is -2.21. The lowest BCUT2D eigenvalue weighted by Crippen LogP contribution is -2.29. The number of aromatic carboxylic acids is 1. The SMILES string of the molecule is CCC(NC(=O)c1ccc(C(=O)O)s1)c1ccccc1OCC(=O)N(C)C. The summed E-state index contributed by atoms with van der Waals surface area (Å²) in [4.78, 5) is 37.1. The van der Waals surface area contributed by atoms with Gasteiger partial charge in [0.15, 0.2) is 6.61 Å². The number of thiophene rings is 1. The molecule has 1 heterocycles. The number of rotatable bonds is 8. The summed E-state index contributed by atoms with van der Waals surface area (Å²) in [7, 11) is 3.30. The Hall–Kier alpha value is -2.87. The van der Waals surface area contributed by atoms with E-state index in [2.05, 4.69) is 5.32 Å². The Morgan fingerprint density at radius 3 is 2.41 bits per heavy atom. The Balaban J connectivity index is 2.15. The average Bonchev–Trinajstić information content (AvgIpc) is 3.15. The molecule has 0 saturated heterocycles. The maximum absolute atomic E-state index is 12.5. The number of ether oxygens (including phenoxy) is 1. The highest BCUT2D eigenvalue weighted by Crippen LogP contribution is 2.28. The minimum Gasteiger partial charge on any atom is -0.483 e. The van der Waals surface area contributed by atoms with Crippen LogP contribution in [0.1, 0.15) is 44.3 Å². The highest BCUT2D eigenvalue weighted by atomic mass is 32.1. The summed E-state index contributed by atoms with van der Waals surface area (Å²) in [6.45, 7) is 1.82. The molecule has 0 aliphatic heterocycles. The predicted octanol–water partition coefficient (Wildman–Crippen LogP) is 2.79. The van der Waals surface area contributed by atoms with Gasteiger partial charge in [0.25, 0.3) is 11.8 Å². The number of carbonyl (C=O) groups excluding carboxylic acids is 2. The standard InChI is InChI=1S/C19H22N2O5S/c1-4-13(20-18(23)15-9-10-16(27-15)19(24)25)12-7-5-6-8-14(12)26-11-17(22)21(2)3/h5-10,13H,4,11H2,1-3H3,(H,20,23)(H,24,25). The number of benzene rings is 1. The quantitative estimate of drug-likeness (QED) is 0.723. The molecule has 2 N–H and O–H groups in total. The van der Waals surface area contributed by atoms with Crippen LogP contribution >= 0.6 is 11.3 Å². The molecular formula is C19H22N2O5S. The lowest BCUT2D eigenvalue weighted by atomic mass is 10.0. The molecule has 2 rings (SSSR count). The minimum atomic E-state index is -1.06. The van der Waals surface area contributed by atoms with Crippen molar-refractivity contribution in [2.45, 2.75) is 19.4 Å². The van der Waals surface area contributed by atoms with E-state index in [0.29, 0.717) is 17.0 Å². The number of nitrogens with zero attached hydrogens (tertiary/aromatic N) is 1. The van der Waals surface area contributed by atoms with Gasteiger partial charge >= 0.3 is 5.97 Å². The van der Waals surface area contributed by atoms with Crippen LogP contribution in [-0.4, -0.2) is 48.5 Å². The van der Waals surface area contributed by atoms with E-state index in [1.54, 1.807) is 26.2 Å². The molecule has 1 unspecified atom stereocenters. The first-order valence-corrected chi connectivity index (χ1v) is 9.21. The summed E-state index contributed by atoms with van der Waals surface area (Å²) in [6, 6.07) is 9.78. The Labute approximate surface area is 161 Å². The molecule has 144 valence electrons. The Bertz CT molecular complexity index is 831. The number of carboxylic acid groups (broad SMARTS) is 1. The van der Waals surface area contributed by atoms with Crippen molar-refractivity contribution in [2.75, 3.05) is 20.7 Å². The van der Waals surface area contributed by atoms with E-state index >= 15 is 0 Å². The number of carboxylic acids is 1. The van der Waals surface area contributed by atoms with E-state index in [4.69, 9.17) is 9.84 Å². The van der Waals surface area contributed by atoms with Crippen LogP contribution in [0.2, 0.25) is 0 Å². The van der Waals surface area contributed by atoms with Gasteiger partial charge in [-0.25, -0.2) is 4.79 Å². The zero-order valence-electron chi connectivity index (χ0n) is 15.4. The van der Waals surface area contributed by atoms with Crippen molar-refractivity contribution in [2.24, 2.45) is 0 Å². The summed E-state index contributed by atoms with van der Waals surface area (Å²) in [6.07, 6.45) is 0.602. The third kappa shape index (κ3) is 5.30. The first-order chi connectivity index (χ1) is 12.8. The molecule has 1 aromatic carbocycles. The fourth-order valence-electron chi connectivity index (χ4n) is 2.37. The van der Waals surface area contributed by atoms with Crippen LogP contribution in [0.3, 0.4) is 0 Å². The van der Waals surface area contributed by atoms with Gasteiger partial charge in [0.2, 0.25) is 0 Å². The molecule has 27 heavy (non-hydrogen) atoms. The first kappa shape index (κ1) is 20.4. The molecular weight excluding hydrogens is 368 g/mol. The van der Waals surface area contributed by atoms with Crippen molar-refractivity contribution in [1.29, 1.82) is 0 Å². The molecule has 0 spiro atoms. The number of hydrogen-bond donors (Lipinski definition) is 2. The van der Waals surface area contributed by atoms with E-state index in [9.17, 15) is 14.4 Å². The Kier molecular flexibility index (Phi) is 6.95. The second-order valence-corrected chi connectivity index (χ2v) is 7.10. The molecule has 0 fully saturated rings. The largest absolute Gasteiger partial charge is 0.483 e. The molecule has 7 nitrogen and oxygen atoms in total. The van der Waals surface area contributed by atoms with E-state index in [-0.39, 0.29) is 29.3 Å². The van der Waals surface area contributed by atoms with Crippen molar-refractivity contribution < 1.29 is 24.2 Å². The van der Waals surface area contributed by atoms with Crippen LogP contribution in [-0.2, 0) is 4.79 Å². The van der Waals surface area contributed by atoms with Crippen LogP contribution in [0.4, 0.5) is 0 Å². The summed E-state index contributed by atoms with van der Waals surface area (Å²) in [5, 5.41) is 11.9. The zero-order chi connectivity index (χ0) is 20.0. The van der Waals surface area contributed by atoms with Gasteiger partial charge < -0.3 is 20.1 Å². The van der Waals surface area contributed by atoms with Gasteiger partial charge in [0.1, 0.15) is 10.6 Å². The normalized spacial score (nSPS) is 11.5. The second kappa shape index (κ2) is 9.18. The summed E-state index contributed by atoms with van der Waals surface area (Å²) < 4.78 is 5.65. The van der Waals surface area contributed by atoms with Crippen molar-refractivity contribution in [3.8, 4) is 5.75 Å². The molecule has 0 radical (unpaired) electrons. The Morgan fingerprint density at radius 2 is 1.81 bits per heavy atom. The third-order valence-corrected chi connectivity index (χ3v) is 4.97. The van der Waals surface area contributed by atoms with Gasteiger partial charge in [0, 0.05) is 19.7 Å². The van der Waals surface area contributed by atoms with Crippen LogP contribution in [0.5, 0.6) is 5.75 Å². The van der Waals surface area contributed by atoms with Gasteiger partial charge in [-0.3, -0.25) is 9.59 Å². The van der Waals surface area contributed by atoms with Gasteiger partial charge in [-0.05, 0) is 24.6 Å². The molecule has 0 aliphatic carbocycles. The highest BCUT2D eigenvalue weighted by Gasteiger charge is 2.20. The number of amides is 2. The smallest absolute Gasteiger partial charge is 0.345 e. The van der Waals surface area contributed by atoms with Crippen LogP contribution in [0.15, 0.2) is 36.4 Å². The van der Waals surface area contributed by atoms with Crippen LogP contribution < -0.4 is 10.1 Å². The molecule has 1 atom stereocenters. The lowest BCUT2D eigenvalue weighted by molar-refractivity contribution is -0.130. The average molecular weight is 390 g/mol. The van der Waals surface area contributed by atoms with Gasteiger partial charge in [-0.1, -0.05) is 25.1 Å². The fraction of sp³-hybridized carbons (Fsp3) is 0.316. The van der Waals surface area contributed by atoms with Crippen molar-refractivity contribution in [1.82, 2.24) is 10.2 Å². The van der Waals surface area contributed by atoms with Crippen molar-refractivity contribution in [3.63, 3.8) is 0 Å².